The lowest BCUT2D eigenvalue weighted by Crippen LogP contribution is -2.39. The van der Waals surface area contributed by atoms with E-state index in [0.717, 1.165) is 11.8 Å². The van der Waals surface area contributed by atoms with E-state index in [2.05, 4.69) is 18.4 Å². The van der Waals surface area contributed by atoms with Crippen LogP contribution in [0, 0.1) is 11.8 Å². The molecule has 0 bridgehead atoms. The predicted molar refractivity (Wildman–Crippen MR) is 79.1 cm³/mol. The third-order valence-electron chi connectivity index (χ3n) is 5.17. The highest BCUT2D eigenvalue weighted by Crippen LogP contribution is 2.41. The molecule has 1 nitrogen and oxygen atoms in total. The minimum Gasteiger partial charge on any atom is -0.327 e. The first-order valence-electron chi connectivity index (χ1n) is 7.57. The van der Waals surface area contributed by atoms with E-state index in [1.54, 1.807) is 10.4 Å². The van der Waals surface area contributed by atoms with E-state index in [4.69, 9.17) is 5.73 Å². The van der Waals surface area contributed by atoms with E-state index in [1.165, 1.54) is 44.9 Å². The summed E-state index contributed by atoms with van der Waals surface area (Å²) in [5, 5.41) is 2.26. The van der Waals surface area contributed by atoms with Crippen LogP contribution in [-0.2, 0) is 6.42 Å². The highest BCUT2D eigenvalue weighted by Gasteiger charge is 2.32. The second-order valence-electron chi connectivity index (χ2n) is 6.40. The summed E-state index contributed by atoms with van der Waals surface area (Å²) in [6.07, 6.45) is 9.45. The first-order valence-corrected chi connectivity index (χ1v) is 8.45. The number of hydrogen-bond donors (Lipinski definition) is 1. The summed E-state index contributed by atoms with van der Waals surface area (Å²) in [5.41, 5.74) is 8.24. The van der Waals surface area contributed by atoms with E-state index in [-0.39, 0.29) is 0 Å². The molecule has 0 aromatic carbocycles. The average Bonchev–Trinajstić information content (AvgIpc) is 2.87. The molecule has 0 spiro atoms. The minimum absolute atomic E-state index is 0.408. The molecular weight excluding hydrogens is 238 g/mol. The van der Waals surface area contributed by atoms with Gasteiger partial charge in [0.05, 0.1) is 0 Å². The highest BCUT2D eigenvalue weighted by molar-refractivity contribution is 7.10. The third kappa shape index (κ3) is 2.37. The number of rotatable bonds is 2. The van der Waals surface area contributed by atoms with Crippen LogP contribution in [0.15, 0.2) is 11.4 Å². The molecule has 100 valence electrons. The summed E-state index contributed by atoms with van der Waals surface area (Å²) in [5.74, 6) is 2.35. The molecule has 2 unspecified atom stereocenters. The summed E-state index contributed by atoms with van der Waals surface area (Å²) >= 11 is 1.94. The van der Waals surface area contributed by atoms with Gasteiger partial charge in [-0.15, -0.1) is 11.3 Å². The molecule has 0 radical (unpaired) electrons. The maximum absolute atomic E-state index is 6.65. The van der Waals surface area contributed by atoms with Crippen molar-refractivity contribution in [1.29, 1.82) is 0 Å². The van der Waals surface area contributed by atoms with Crippen LogP contribution in [0.2, 0.25) is 0 Å². The van der Waals surface area contributed by atoms with Crippen molar-refractivity contribution >= 4 is 11.3 Å². The minimum atomic E-state index is 0.408. The SMILES string of the molecule is CC1CCC(C(N)C2CCCc3sccc32)CC1. The molecule has 1 aromatic heterocycles. The Bertz CT molecular complexity index is 390. The lowest BCUT2D eigenvalue weighted by molar-refractivity contribution is 0.229. The molecule has 2 N–H and O–H groups in total. The van der Waals surface area contributed by atoms with Crippen LogP contribution in [0.25, 0.3) is 0 Å². The van der Waals surface area contributed by atoms with E-state index in [9.17, 15) is 0 Å². The summed E-state index contributed by atoms with van der Waals surface area (Å²) in [6.45, 7) is 2.39. The normalized spacial score (nSPS) is 34.0. The number of nitrogens with two attached hydrogens (primary N) is 1. The van der Waals surface area contributed by atoms with Crippen LogP contribution in [0.5, 0.6) is 0 Å². The van der Waals surface area contributed by atoms with Crippen molar-refractivity contribution in [1.82, 2.24) is 0 Å². The smallest absolute Gasteiger partial charge is 0.0137 e. The Morgan fingerprint density at radius 3 is 2.78 bits per heavy atom. The van der Waals surface area contributed by atoms with Gasteiger partial charge >= 0.3 is 0 Å². The zero-order valence-electron chi connectivity index (χ0n) is 11.4. The van der Waals surface area contributed by atoms with Gasteiger partial charge in [0.2, 0.25) is 0 Å². The zero-order valence-corrected chi connectivity index (χ0v) is 12.2. The van der Waals surface area contributed by atoms with Crippen LogP contribution in [-0.4, -0.2) is 6.04 Å². The van der Waals surface area contributed by atoms with E-state index in [1.807, 2.05) is 11.3 Å². The Balaban J connectivity index is 1.72. The molecule has 0 amide bonds. The van der Waals surface area contributed by atoms with Gasteiger partial charge in [0.15, 0.2) is 0 Å². The van der Waals surface area contributed by atoms with Gasteiger partial charge in [-0.05, 0) is 60.9 Å². The van der Waals surface area contributed by atoms with Crippen LogP contribution >= 0.6 is 11.3 Å². The second-order valence-corrected chi connectivity index (χ2v) is 7.40. The van der Waals surface area contributed by atoms with Gasteiger partial charge in [0.25, 0.3) is 0 Å². The van der Waals surface area contributed by atoms with Gasteiger partial charge in [-0.1, -0.05) is 19.8 Å². The Labute approximate surface area is 115 Å². The fraction of sp³-hybridized carbons (Fsp3) is 0.750. The van der Waals surface area contributed by atoms with E-state index >= 15 is 0 Å². The van der Waals surface area contributed by atoms with Crippen molar-refractivity contribution in [3.05, 3.63) is 21.9 Å². The van der Waals surface area contributed by atoms with Crippen LogP contribution in [0.4, 0.5) is 0 Å². The van der Waals surface area contributed by atoms with Crippen molar-refractivity contribution in [2.24, 2.45) is 17.6 Å². The van der Waals surface area contributed by atoms with Crippen molar-refractivity contribution in [2.75, 3.05) is 0 Å². The molecule has 18 heavy (non-hydrogen) atoms. The lowest BCUT2D eigenvalue weighted by atomic mass is 9.72. The molecule has 1 aromatic rings. The molecule has 2 aliphatic carbocycles. The maximum atomic E-state index is 6.65. The lowest BCUT2D eigenvalue weighted by Gasteiger charge is -2.37. The van der Waals surface area contributed by atoms with Crippen LogP contribution in [0.1, 0.15) is 61.8 Å². The third-order valence-corrected chi connectivity index (χ3v) is 6.16. The van der Waals surface area contributed by atoms with Gasteiger partial charge in [0.1, 0.15) is 0 Å². The van der Waals surface area contributed by atoms with Crippen molar-refractivity contribution in [3.8, 4) is 0 Å². The van der Waals surface area contributed by atoms with Gasteiger partial charge < -0.3 is 5.73 Å². The second kappa shape index (κ2) is 5.34. The first kappa shape index (κ1) is 12.7. The fourth-order valence-corrected chi connectivity index (χ4v) is 4.92. The molecular formula is C16H25NS. The molecule has 2 atom stereocenters. The summed E-state index contributed by atoms with van der Waals surface area (Å²) in [6, 6.07) is 2.75. The topological polar surface area (TPSA) is 26.0 Å². The van der Waals surface area contributed by atoms with Gasteiger partial charge in [-0.2, -0.15) is 0 Å². The summed E-state index contributed by atoms with van der Waals surface area (Å²) in [7, 11) is 0. The van der Waals surface area contributed by atoms with Crippen molar-refractivity contribution < 1.29 is 0 Å². The van der Waals surface area contributed by atoms with Crippen LogP contribution < -0.4 is 5.73 Å². The predicted octanol–water partition coefficient (Wildman–Crippen LogP) is 4.32. The highest BCUT2D eigenvalue weighted by atomic mass is 32.1. The number of hydrogen-bond acceptors (Lipinski definition) is 2. The maximum Gasteiger partial charge on any atom is 0.0137 e. The zero-order chi connectivity index (χ0) is 12.5. The molecule has 1 fully saturated rings. The van der Waals surface area contributed by atoms with Gasteiger partial charge in [-0.3, -0.25) is 0 Å². The fourth-order valence-electron chi connectivity index (χ4n) is 3.92. The molecule has 3 rings (SSSR count). The monoisotopic (exact) mass is 263 g/mol. The Kier molecular flexibility index (Phi) is 3.76. The molecule has 1 saturated carbocycles. The largest absolute Gasteiger partial charge is 0.327 e. The Hall–Kier alpha value is -0.340. The molecule has 1 heterocycles. The Morgan fingerprint density at radius 2 is 2.00 bits per heavy atom. The standard InChI is InChI=1S/C16H25NS/c1-11-5-7-12(8-6-11)16(17)14-3-2-4-15-13(14)9-10-18-15/h9-12,14,16H,2-8,17H2,1H3. The quantitative estimate of drug-likeness (QED) is 0.845. The van der Waals surface area contributed by atoms with Gasteiger partial charge in [0, 0.05) is 16.8 Å². The first-order chi connectivity index (χ1) is 8.75. The number of thiophene rings is 1. The van der Waals surface area contributed by atoms with Crippen LogP contribution in [0.3, 0.4) is 0 Å². The molecule has 0 aliphatic heterocycles. The number of aryl methyl sites for hydroxylation is 1. The van der Waals surface area contributed by atoms with E-state index < -0.39 is 0 Å². The summed E-state index contributed by atoms with van der Waals surface area (Å²) in [4.78, 5) is 1.62. The van der Waals surface area contributed by atoms with Crippen molar-refractivity contribution in [2.45, 2.75) is 63.8 Å². The van der Waals surface area contributed by atoms with Gasteiger partial charge in [-0.25, -0.2) is 0 Å². The average molecular weight is 263 g/mol. The molecule has 2 heteroatoms. The Morgan fingerprint density at radius 1 is 1.22 bits per heavy atom. The summed E-state index contributed by atoms with van der Waals surface area (Å²) < 4.78 is 0. The van der Waals surface area contributed by atoms with Crippen molar-refractivity contribution in [3.63, 3.8) is 0 Å². The van der Waals surface area contributed by atoms with E-state index in [0.29, 0.717) is 12.0 Å². The molecule has 0 saturated heterocycles. The molecule has 2 aliphatic rings. The number of fused-ring (bicyclic) bond motifs is 1.